The molecule has 2 aromatic rings. The molecule has 0 unspecified atom stereocenters. The third-order valence-electron chi connectivity index (χ3n) is 4.07. The average molecular weight is 367 g/mol. The van der Waals surface area contributed by atoms with Crippen molar-refractivity contribution in [1.29, 1.82) is 0 Å². The zero-order valence-electron chi connectivity index (χ0n) is 14.6. The van der Waals surface area contributed by atoms with Crippen molar-refractivity contribution < 1.29 is 22.7 Å². The van der Waals surface area contributed by atoms with Crippen molar-refractivity contribution in [2.75, 3.05) is 13.2 Å². The van der Waals surface area contributed by atoms with Gasteiger partial charge in [-0.3, -0.25) is 9.48 Å². The fourth-order valence-electron chi connectivity index (χ4n) is 2.92. The molecular weight excluding hydrogens is 347 g/mol. The van der Waals surface area contributed by atoms with Gasteiger partial charge in [-0.05, 0) is 24.1 Å². The van der Waals surface area contributed by atoms with E-state index in [0.29, 0.717) is 17.9 Å². The van der Waals surface area contributed by atoms with Crippen LogP contribution in [-0.2, 0) is 13.1 Å². The van der Waals surface area contributed by atoms with Gasteiger partial charge < -0.3 is 9.64 Å². The Labute approximate surface area is 149 Å². The number of benzene rings is 1. The number of nitrogens with zero attached hydrogens (tertiary/aromatic N) is 3. The van der Waals surface area contributed by atoms with Gasteiger partial charge in [0.1, 0.15) is 18.2 Å². The summed E-state index contributed by atoms with van der Waals surface area (Å²) in [6.07, 6.45) is -1.58. The number of carbonyl (C=O) groups is 1. The Kier molecular flexibility index (Phi) is 5.20. The maximum absolute atomic E-state index is 13.5. The summed E-state index contributed by atoms with van der Waals surface area (Å²) in [6.45, 7) is 4.78. The van der Waals surface area contributed by atoms with Crippen molar-refractivity contribution in [1.82, 2.24) is 14.7 Å². The van der Waals surface area contributed by atoms with Crippen molar-refractivity contribution in [2.24, 2.45) is 5.92 Å². The molecule has 0 radical (unpaired) electrons. The molecule has 8 heteroatoms. The lowest BCUT2D eigenvalue weighted by atomic mass is 10.1. The summed E-state index contributed by atoms with van der Waals surface area (Å²) in [5, 5.41) is 4.08. The van der Waals surface area contributed by atoms with E-state index >= 15 is 0 Å². The van der Waals surface area contributed by atoms with E-state index in [-0.39, 0.29) is 36.9 Å². The molecule has 140 valence electrons. The number of ether oxygens (including phenoxy) is 1. The molecule has 1 aromatic carbocycles. The first kappa shape index (κ1) is 18.3. The summed E-state index contributed by atoms with van der Waals surface area (Å²) in [5.41, 5.74) is -0.156. The zero-order valence-corrected chi connectivity index (χ0v) is 14.6. The molecule has 0 atom stereocenters. The van der Waals surface area contributed by atoms with E-state index in [1.165, 1.54) is 34.0 Å². The lowest BCUT2D eigenvalue weighted by Crippen LogP contribution is -2.33. The highest BCUT2D eigenvalue weighted by atomic mass is 19.3. The second-order valence-corrected chi connectivity index (χ2v) is 6.68. The van der Waals surface area contributed by atoms with Gasteiger partial charge in [-0.2, -0.15) is 5.10 Å². The number of rotatable bonds is 4. The van der Waals surface area contributed by atoms with E-state index in [1.807, 2.05) is 13.8 Å². The Morgan fingerprint density at radius 2 is 2.12 bits per heavy atom. The molecule has 3 rings (SSSR count). The maximum Gasteiger partial charge on any atom is 0.275 e. The summed E-state index contributed by atoms with van der Waals surface area (Å²) < 4.78 is 47.2. The smallest absolute Gasteiger partial charge is 0.275 e. The molecule has 26 heavy (non-hydrogen) atoms. The number of fused-ring (bicyclic) bond motifs is 1. The maximum atomic E-state index is 13.5. The Bertz CT molecular complexity index is 805. The number of halogens is 3. The van der Waals surface area contributed by atoms with Crippen molar-refractivity contribution in [2.45, 2.75) is 33.4 Å². The molecule has 0 aliphatic carbocycles. The number of aromatic nitrogens is 2. The standard InChI is InChI=1S/C18H20F3N3O2/c1-11(2)8-24-10-14(17(20)21)16(22-24)18(25)23-5-6-26-15-4-3-13(19)7-12(15)9-23/h3-4,7,10-11,17H,5-6,8-9H2,1-2H3. The van der Waals surface area contributed by atoms with Gasteiger partial charge >= 0.3 is 0 Å². The largest absolute Gasteiger partial charge is 0.491 e. The van der Waals surface area contributed by atoms with Crippen LogP contribution < -0.4 is 4.74 Å². The fraction of sp³-hybridized carbons (Fsp3) is 0.444. The minimum atomic E-state index is -2.80. The Balaban J connectivity index is 1.90. The van der Waals surface area contributed by atoms with Crippen LogP contribution in [-0.4, -0.2) is 33.7 Å². The number of carbonyl (C=O) groups excluding carboxylic acids is 1. The van der Waals surface area contributed by atoms with Crippen LogP contribution in [0.3, 0.4) is 0 Å². The highest BCUT2D eigenvalue weighted by Crippen LogP contribution is 2.27. The van der Waals surface area contributed by atoms with Crippen molar-refractivity contribution >= 4 is 5.91 Å². The normalized spacial score (nSPS) is 14.3. The quantitative estimate of drug-likeness (QED) is 0.829. The van der Waals surface area contributed by atoms with Gasteiger partial charge in [0.05, 0.1) is 12.1 Å². The van der Waals surface area contributed by atoms with Crippen molar-refractivity contribution in [3.05, 3.63) is 47.0 Å². The molecule has 1 aliphatic rings. The van der Waals surface area contributed by atoms with Gasteiger partial charge in [0, 0.05) is 24.8 Å². The van der Waals surface area contributed by atoms with E-state index in [0.717, 1.165) is 0 Å². The average Bonchev–Trinajstić information content (AvgIpc) is 2.86. The molecule has 0 fully saturated rings. The van der Waals surface area contributed by atoms with Crippen LogP contribution in [0.5, 0.6) is 5.75 Å². The summed E-state index contributed by atoms with van der Waals surface area (Å²) in [5.74, 6) is -0.370. The van der Waals surface area contributed by atoms with E-state index in [9.17, 15) is 18.0 Å². The van der Waals surface area contributed by atoms with Crippen LogP contribution in [0.1, 0.15) is 41.9 Å². The van der Waals surface area contributed by atoms with Crippen LogP contribution >= 0.6 is 0 Å². The molecule has 0 saturated carbocycles. The highest BCUT2D eigenvalue weighted by Gasteiger charge is 2.29. The van der Waals surface area contributed by atoms with Gasteiger partial charge in [-0.15, -0.1) is 0 Å². The predicted octanol–water partition coefficient (Wildman–Crippen LogP) is 3.65. The zero-order chi connectivity index (χ0) is 18.8. The molecular formula is C18H20F3N3O2. The minimum Gasteiger partial charge on any atom is -0.491 e. The first-order valence-electron chi connectivity index (χ1n) is 8.41. The van der Waals surface area contributed by atoms with Crippen molar-refractivity contribution in [3.63, 3.8) is 0 Å². The Hall–Kier alpha value is -2.51. The number of hydrogen-bond acceptors (Lipinski definition) is 3. The SMILES string of the molecule is CC(C)Cn1cc(C(F)F)c(C(=O)N2CCOc3ccc(F)cc3C2)n1. The monoisotopic (exact) mass is 367 g/mol. The fourth-order valence-corrected chi connectivity index (χ4v) is 2.92. The second-order valence-electron chi connectivity index (χ2n) is 6.68. The number of hydrogen-bond donors (Lipinski definition) is 0. The van der Waals surface area contributed by atoms with E-state index in [1.54, 1.807) is 0 Å². The third kappa shape index (κ3) is 3.84. The van der Waals surface area contributed by atoms with Crippen LogP contribution in [0, 0.1) is 11.7 Å². The molecule has 1 aromatic heterocycles. The molecule has 1 amide bonds. The van der Waals surface area contributed by atoms with Crippen molar-refractivity contribution in [3.8, 4) is 5.75 Å². The molecule has 2 heterocycles. The molecule has 0 saturated heterocycles. The summed E-state index contributed by atoms with van der Waals surface area (Å²) in [4.78, 5) is 14.2. The summed E-state index contributed by atoms with van der Waals surface area (Å²) in [7, 11) is 0. The molecule has 5 nitrogen and oxygen atoms in total. The minimum absolute atomic E-state index is 0.0750. The summed E-state index contributed by atoms with van der Waals surface area (Å²) >= 11 is 0. The number of amides is 1. The van der Waals surface area contributed by atoms with Gasteiger partial charge in [0.25, 0.3) is 12.3 Å². The predicted molar refractivity (Wildman–Crippen MR) is 88.7 cm³/mol. The second kappa shape index (κ2) is 7.39. The lowest BCUT2D eigenvalue weighted by Gasteiger charge is -2.19. The Morgan fingerprint density at radius 3 is 2.81 bits per heavy atom. The van der Waals surface area contributed by atoms with Crippen LogP contribution in [0.2, 0.25) is 0 Å². The van der Waals surface area contributed by atoms with Crippen LogP contribution in [0.25, 0.3) is 0 Å². The lowest BCUT2D eigenvalue weighted by molar-refractivity contribution is 0.0715. The van der Waals surface area contributed by atoms with Crippen LogP contribution in [0.4, 0.5) is 13.2 Å². The number of alkyl halides is 2. The van der Waals surface area contributed by atoms with E-state index < -0.39 is 18.1 Å². The van der Waals surface area contributed by atoms with E-state index in [4.69, 9.17) is 4.74 Å². The highest BCUT2D eigenvalue weighted by molar-refractivity contribution is 5.93. The summed E-state index contributed by atoms with van der Waals surface area (Å²) in [6, 6.07) is 4.06. The molecule has 1 aliphatic heterocycles. The van der Waals surface area contributed by atoms with E-state index in [2.05, 4.69) is 5.10 Å². The first-order chi connectivity index (χ1) is 12.3. The molecule has 0 bridgehead atoms. The third-order valence-corrected chi connectivity index (χ3v) is 4.07. The topological polar surface area (TPSA) is 47.4 Å². The van der Waals surface area contributed by atoms with Gasteiger partial charge in [-0.1, -0.05) is 13.8 Å². The molecule has 0 spiro atoms. The van der Waals surface area contributed by atoms with Gasteiger partial charge in [0.2, 0.25) is 0 Å². The van der Waals surface area contributed by atoms with Gasteiger partial charge in [-0.25, -0.2) is 13.2 Å². The first-order valence-corrected chi connectivity index (χ1v) is 8.41. The van der Waals surface area contributed by atoms with Gasteiger partial charge in [0.15, 0.2) is 5.69 Å². The van der Waals surface area contributed by atoms with Crippen LogP contribution in [0.15, 0.2) is 24.4 Å². The Morgan fingerprint density at radius 1 is 1.35 bits per heavy atom. The molecule has 0 N–H and O–H groups in total.